The lowest BCUT2D eigenvalue weighted by molar-refractivity contribution is -0.119. The second-order valence-electron chi connectivity index (χ2n) is 6.49. The van der Waals surface area contributed by atoms with Crippen LogP contribution in [0, 0.1) is 0 Å². The monoisotopic (exact) mass is 370 g/mol. The molecule has 1 aromatic carbocycles. The Labute approximate surface area is 155 Å². The van der Waals surface area contributed by atoms with Crippen LogP contribution in [-0.4, -0.2) is 31.6 Å². The van der Waals surface area contributed by atoms with Gasteiger partial charge in [0.25, 0.3) is 5.56 Å². The van der Waals surface area contributed by atoms with E-state index in [-0.39, 0.29) is 23.5 Å². The third-order valence-corrected chi connectivity index (χ3v) is 4.62. The molecule has 142 valence electrons. The van der Waals surface area contributed by atoms with Gasteiger partial charge >= 0.3 is 5.69 Å². The summed E-state index contributed by atoms with van der Waals surface area (Å²) in [5.74, 6) is 0.804. The number of imidazole rings is 1. The van der Waals surface area contributed by atoms with Crippen molar-refractivity contribution in [3.63, 3.8) is 0 Å². The molecule has 0 saturated heterocycles. The minimum atomic E-state index is -0.449. The molecule has 8 heteroatoms. The molecule has 3 aromatic rings. The van der Waals surface area contributed by atoms with Crippen molar-refractivity contribution in [1.82, 2.24) is 18.7 Å². The number of benzene rings is 1. The number of carbonyl (C=O) groups is 1. The fourth-order valence-corrected chi connectivity index (χ4v) is 3.10. The number of aromatic nitrogens is 4. The number of aryl methyl sites for hydroxylation is 2. The van der Waals surface area contributed by atoms with E-state index in [0.717, 1.165) is 22.3 Å². The van der Waals surface area contributed by atoms with Gasteiger partial charge in [0.2, 0.25) is 0 Å². The van der Waals surface area contributed by atoms with Gasteiger partial charge in [0, 0.05) is 20.5 Å². The maximum Gasteiger partial charge on any atom is 0.332 e. The highest BCUT2D eigenvalue weighted by atomic mass is 16.5. The van der Waals surface area contributed by atoms with E-state index in [1.54, 1.807) is 14.2 Å². The van der Waals surface area contributed by atoms with Crippen molar-refractivity contribution in [1.29, 1.82) is 0 Å². The molecule has 0 bridgehead atoms. The number of Topliss-reactive ketones (excluding diaryl/α,β-unsaturated/α-hetero) is 1. The van der Waals surface area contributed by atoms with Crippen LogP contribution in [0.15, 0.2) is 40.2 Å². The van der Waals surface area contributed by atoms with Crippen LogP contribution in [0.25, 0.3) is 11.2 Å². The van der Waals surface area contributed by atoms with E-state index in [2.05, 4.69) is 4.98 Å². The Balaban J connectivity index is 1.69. The summed E-state index contributed by atoms with van der Waals surface area (Å²) >= 11 is 0. The van der Waals surface area contributed by atoms with Crippen LogP contribution in [0.3, 0.4) is 0 Å². The van der Waals surface area contributed by atoms with E-state index in [0.29, 0.717) is 12.8 Å². The van der Waals surface area contributed by atoms with Gasteiger partial charge in [-0.1, -0.05) is 12.1 Å². The third kappa shape index (κ3) is 3.69. The van der Waals surface area contributed by atoms with Crippen LogP contribution in [0.1, 0.15) is 18.4 Å². The molecular formula is C19H22N4O4. The van der Waals surface area contributed by atoms with Crippen molar-refractivity contribution < 1.29 is 9.53 Å². The predicted molar refractivity (Wildman–Crippen MR) is 101 cm³/mol. The first-order valence-corrected chi connectivity index (χ1v) is 8.68. The van der Waals surface area contributed by atoms with E-state index >= 15 is 0 Å². The highest BCUT2D eigenvalue weighted by Crippen LogP contribution is 2.15. The van der Waals surface area contributed by atoms with E-state index < -0.39 is 11.2 Å². The molecule has 0 saturated carbocycles. The van der Waals surface area contributed by atoms with Crippen molar-refractivity contribution in [3.8, 4) is 5.75 Å². The average molecular weight is 370 g/mol. The summed E-state index contributed by atoms with van der Waals surface area (Å²) in [6.07, 6.45) is 3.30. The lowest BCUT2D eigenvalue weighted by Gasteiger charge is -2.07. The number of hydrogen-bond donors (Lipinski definition) is 0. The van der Waals surface area contributed by atoms with Crippen LogP contribution in [-0.2, 0) is 31.9 Å². The Morgan fingerprint density at radius 1 is 1.19 bits per heavy atom. The molecule has 0 aliphatic carbocycles. The maximum atomic E-state index is 12.4. The van der Waals surface area contributed by atoms with Gasteiger partial charge in [0.15, 0.2) is 16.9 Å². The Bertz CT molecular complexity index is 1110. The number of nitrogens with zero attached hydrogens (tertiary/aromatic N) is 4. The number of ether oxygens (including phenoxy) is 1. The molecule has 0 spiro atoms. The number of methoxy groups -OCH3 is 1. The normalized spacial score (nSPS) is 11.1. The van der Waals surface area contributed by atoms with Crippen LogP contribution >= 0.6 is 0 Å². The molecule has 27 heavy (non-hydrogen) atoms. The number of ketones is 1. The van der Waals surface area contributed by atoms with E-state index in [1.165, 1.54) is 22.5 Å². The summed E-state index contributed by atoms with van der Waals surface area (Å²) in [4.78, 5) is 40.8. The van der Waals surface area contributed by atoms with Crippen LogP contribution in [0.4, 0.5) is 0 Å². The SMILES string of the molecule is COc1cccc(CCCC(=O)Cn2cnc3c2c(=O)n(C)c(=O)n3C)c1. The van der Waals surface area contributed by atoms with Crippen molar-refractivity contribution >= 4 is 16.9 Å². The second-order valence-corrected chi connectivity index (χ2v) is 6.49. The summed E-state index contributed by atoms with van der Waals surface area (Å²) in [5, 5.41) is 0. The molecule has 0 aliphatic heterocycles. The molecule has 3 rings (SSSR count). The molecule has 0 fully saturated rings. The molecule has 0 N–H and O–H groups in total. The summed E-state index contributed by atoms with van der Waals surface area (Å²) in [7, 11) is 4.59. The number of rotatable bonds is 7. The molecule has 0 radical (unpaired) electrons. The lowest BCUT2D eigenvalue weighted by atomic mass is 10.1. The standard InChI is InChI=1S/C19H22N4O4/c1-21-17-16(18(25)22(2)19(21)26)23(12-20-17)11-14(24)8-4-6-13-7-5-9-15(10-13)27-3/h5,7,9-10,12H,4,6,8,11H2,1-3H3. The van der Waals surface area contributed by atoms with Crippen molar-refractivity contribution in [3.05, 3.63) is 57.0 Å². The Hall–Kier alpha value is -3.16. The van der Waals surface area contributed by atoms with Gasteiger partial charge in [-0.05, 0) is 30.5 Å². The molecule has 2 aromatic heterocycles. The van der Waals surface area contributed by atoms with E-state index in [9.17, 15) is 14.4 Å². The van der Waals surface area contributed by atoms with Crippen LogP contribution in [0.2, 0.25) is 0 Å². The number of fused-ring (bicyclic) bond motifs is 1. The van der Waals surface area contributed by atoms with E-state index in [4.69, 9.17) is 4.74 Å². The fourth-order valence-electron chi connectivity index (χ4n) is 3.10. The summed E-state index contributed by atoms with van der Waals surface area (Å²) < 4.78 is 9.05. The number of hydrogen-bond acceptors (Lipinski definition) is 5. The smallest absolute Gasteiger partial charge is 0.332 e. The maximum absolute atomic E-state index is 12.4. The summed E-state index contributed by atoms with van der Waals surface area (Å²) in [6, 6.07) is 7.76. The van der Waals surface area contributed by atoms with Gasteiger partial charge in [0.05, 0.1) is 20.0 Å². The second kappa shape index (κ2) is 7.61. The Morgan fingerprint density at radius 2 is 1.96 bits per heavy atom. The summed E-state index contributed by atoms with van der Waals surface area (Å²) in [5.41, 5.74) is 0.768. The molecule has 0 amide bonds. The van der Waals surface area contributed by atoms with Gasteiger partial charge in [-0.25, -0.2) is 9.78 Å². The minimum Gasteiger partial charge on any atom is -0.497 e. The van der Waals surface area contributed by atoms with Gasteiger partial charge in [0.1, 0.15) is 5.75 Å². The predicted octanol–water partition coefficient (Wildman–Crippen LogP) is 1.03. The molecule has 0 aliphatic rings. The van der Waals surface area contributed by atoms with Gasteiger partial charge < -0.3 is 9.30 Å². The van der Waals surface area contributed by atoms with Crippen LogP contribution in [0.5, 0.6) is 5.75 Å². The van der Waals surface area contributed by atoms with Crippen molar-refractivity contribution in [2.24, 2.45) is 14.1 Å². The Morgan fingerprint density at radius 3 is 2.70 bits per heavy atom. The first-order valence-electron chi connectivity index (χ1n) is 8.68. The van der Waals surface area contributed by atoms with Crippen LogP contribution < -0.4 is 16.0 Å². The molecule has 0 atom stereocenters. The van der Waals surface area contributed by atoms with E-state index in [1.807, 2.05) is 24.3 Å². The zero-order valence-electron chi connectivity index (χ0n) is 15.6. The average Bonchev–Trinajstić information content (AvgIpc) is 3.08. The zero-order chi connectivity index (χ0) is 19.6. The largest absolute Gasteiger partial charge is 0.497 e. The molecule has 8 nitrogen and oxygen atoms in total. The van der Waals surface area contributed by atoms with Gasteiger partial charge in [-0.2, -0.15) is 0 Å². The summed E-state index contributed by atoms with van der Waals surface area (Å²) in [6.45, 7) is 0.0576. The van der Waals surface area contributed by atoms with Gasteiger partial charge in [-0.3, -0.25) is 18.7 Å². The zero-order valence-corrected chi connectivity index (χ0v) is 15.6. The van der Waals surface area contributed by atoms with Gasteiger partial charge in [-0.15, -0.1) is 0 Å². The topological polar surface area (TPSA) is 88.1 Å². The molecule has 2 heterocycles. The van der Waals surface area contributed by atoms with Crippen molar-refractivity contribution in [2.45, 2.75) is 25.8 Å². The van der Waals surface area contributed by atoms with Crippen molar-refractivity contribution in [2.75, 3.05) is 7.11 Å². The highest BCUT2D eigenvalue weighted by molar-refractivity contribution is 5.80. The third-order valence-electron chi connectivity index (χ3n) is 4.62. The first kappa shape index (κ1) is 18.6. The quantitative estimate of drug-likeness (QED) is 0.620. The lowest BCUT2D eigenvalue weighted by Crippen LogP contribution is -2.37. The fraction of sp³-hybridized carbons (Fsp3) is 0.368. The molecule has 0 unspecified atom stereocenters. The minimum absolute atomic E-state index is 0.00750. The number of carbonyl (C=O) groups excluding carboxylic acids is 1. The first-order chi connectivity index (χ1) is 12.9. The Kier molecular flexibility index (Phi) is 5.25. The molecular weight excluding hydrogens is 348 g/mol. The highest BCUT2D eigenvalue weighted by Gasteiger charge is 2.15.